The van der Waals surface area contributed by atoms with Crippen molar-refractivity contribution in [3.8, 4) is 5.75 Å². The van der Waals surface area contributed by atoms with Crippen LogP contribution in [-0.4, -0.2) is 15.0 Å². The molecule has 0 spiro atoms. The quantitative estimate of drug-likeness (QED) is 0.844. The van der Waals surface area contributed by atoms with Gasteiger partial charge in [0.25, 0.3) is 0 Å². The van der Waals surface area contributed by atoms with E-state index in [4.69, 9.17) is 4.74 Å². The van der Waals surface area contributed by atoms with Crippen LogP contribution in [-0.2, 0) is 10.0 Å². The van der Waals surface area contributed by atoms with Crippen LogP contribution in [0, 0.1) is 5.92 Å². The maximum atomic E-state index is 12.7. The molecule has 1 atom stereocenters. The number of benzene rings is 2. The molecule has 1 unspecified atom stereocenters. The van der Waals surface area contributed by atoms with E-state index in [1.54, 1.807) is 24.3 Å². The van der Waals surface area contributed by atoms with Crippen molar-refractivity contribution in [2.24, 2.45) is 5.92 Å². The first kappa shape index (κ1) is 16.0. The Hall–Kier alpha value is -1.85. The maximum Gasteiger partial charge on any atom is 0.241 e. The van der Waals surface area contributed by atoms with E-state index in [1.807, 2.05) is 37.3 Å². The highest BCUT2D eigenvalue weighted by molar-refractivity contribution is 7.89. The van der Waals surface area contributed by atoms with Gasteiger partial charge >= 0.3 is 0 Å². The van der Waals surface area contributed by atoms with Gasteiger partial charge in [0.05, 0.1) is 11.5 Å². The lowest BCUT2D eigenvalue weighted by atomic mass is 10.0. The molecule has 1 fully saturated rings. The van der Waals surface area contributed by atoms with Gasteiger partial charge in [-0.05, 0) is 55.5 Å². The number of sulfonamides is 1. The van der Waals surface area contributed by atoms with Crippen molar-refractivity contribution >= 4 is 10.0 Å². The number of hydrogen-bond donors (Lipinski definition) is 1. The predicted octanol–water partition coefficient (Wildman–Crippen LogP) is 3.51. The molecule has 2 aromatic rings. The molecular formula is C18H21NO3S. The van der Waals surface area contributed by atoms with E-state index < -0.39 is 10.0 Å². The number of ether oxygens (including phenoxy) is 1. The third-order valence-electron chi connectivity index (χ3n) is 3.98. The second kappa shape index (κ2) is 6.72. The first-order chi connectivity index (χ1) is 11.1. The van der Waals surface area contributed by atoms with Crippen LogP contribution >= 0.6 is 0 Å². The third-order valence-corrected chi connectivity index (χ3v) is 5.44. The Bertz CT molecular complexity index is 738. The zero-order valence-electron chi connectivity index (χ0n) is 13.1. The van der Waals surface area contributed by atoms with Crippen LogP contribution in [0.1, 0.15) is 31.4 Å². The van der Waals surface area contributed by atoms with E-state index in [-0.39, 0.29) is 10.9 Å². The summed E-state index contributed by atoms with van der Waals surface area (Å²) < 4.78 is 33.6. The molecule has 23 heavy (non-hydrogen) atoms. The molecule has 0 bridgehead atoms. The van der Waals surface area contributed by atoms with Crippen molar-refractivity contribution in [2.45, 2.75) is 30.7 Å². The predicted molar refractivity (Wildman–Crippen MR) is 89.8 cm³/mol. The molecule has 0 aromatic heterocycles. The number of rotatable bonds is 7. The normalized spacial score (nSPS) is 16.0. The van der Waals surface area contributed by atoms with Crippen molar-refractivity contribution in [1.82, 2.24) is 4.72 Å². The summed E-state index contributed by atoms with van der Waals surface area (Å²) in [7, 11) is -3.55. The number of hydrogen-bond acceptors (Lipinski definition) is 3. The molecule has 3 rings (SSSR count). The molecule has 0 heterocycles. The van der Waals surface area contributed by atoms with Gasteiger partial charge in [-0.1, -0.05) is 30.3 Å². The Morgan fingerprint density at radius 3 is 2.30 bits per heavy atom. The van der Waals surface area contributed by atoms with Gasteiger partial charge in [-0.3, -0.25) is 0 Å². The van der Waals surface area contributed by atoms with Gasteiger partial charge in [0.1, 0.15) is 5.75 Å². The summed E-state index contributed by atoms with van der Waals surface area (Å²) >= 11 is 0. The van der Waals surface area contributed by atoms with Crippen molar-refractivity contribution < 1.29 is 13.2 Å². The lowest BCUT2D eigenvalue weighted by Gasteiger charge is -2.19. The number of nitrogens with one attached hydrogen (secondary N) is 1. The monoisotopic (exact) mass is 331 g/mol. The molecule has 5 heteroatoms. The Kier molecular flexibility index (Phi) is 4.68. The van der Waals surface area contributed by atoms with Gasteiger partial charge in [-0.15, -0.1) is 0 Å². The Morgan fingerprint density at radius 2 is 1.74 bits per heavy atom. The zero-order chi connectivity index (χ0) is 16.3. The summed E-state index contributed by atoms with van der Waals surface area (Å²) in [6.45, 7) is 2.45. The summed E-state index contributed by atoms with van der Waals surface area (Å²) in [5, 5.41) is 0. The van der Waals surface area contributed by atoms with Crippen molar-refractivity contribution in [1.29, 1.82) is 0 Å². The molecule has 122 valence electrons. The minimum absolute atomic E-state index is 0.159. The van der Waals surface area contributed by atoms with Crippen LogP contribution in [0.3, 0.4) is 0 Å². The fourth-order valence-corrected chi connectivity index (χ4v) is 3.94. The van der Waals surface area contributed by atoms with E-state index in [2.05, 4.69) is 4.72 Å². The smallest absolute Gasteiger partial charge is 0.241 e. The Balaban J connectivity index is 1.81. The lowest BCUT2D eigenvalue weighted by Crippen LogP contribution is -2.30. The molecule has 1 N–H and O–H groups in total. The minimum Gasteiger partial charge on any atom is -0.494 e. The molecule has 0 aliphatic heterocycles. The van der Waals surface area contributed by atoms with Gasteiger partial charge in [-0.2, -0.15) is 0 Å². The summed E-state index contributed by atoms with van der Waals surface area (Å²) in [6.07, 6.45) is 2.12. The van der Waals surface area contributed by atoms with E-state index in [0.717, 1.165) is 18.4 Å². The molecule has 0 radical (unpaired) electrons. The zero-order valence-corrected chi connectivity index (χ0v) is 13.9. The SMILES string of the molecule is CCOc1ccc(S(=O)(=O)NC(c2ccccc2)C2CC2)cc1. The first-order valence-corrected chi connectivity index (χ1v) is 9.38. The van der Waals surface area contributed by atoms with E-state index in [0.29, 0.717) is 18.3 Å². The summed E-state index contributed by atoms with van der Waals surface area (Å²) in [6, 6.07) is 16.2. The summed E-state index contributed by atoms with van der Waals surface area (Å²) in [5.74, 6) is 1.06. The van der Waals surface area contributed by atoms with Crippen LogP contribution in [0.2, 0.25) is 0 Å². The van der Waals surface area contributed by atoms with E-state index in [9.17, 15) is 8.42 Å². The van der Waals surface area contributed by atoms with Crippen LogP contribution in [0.4, 0.5) is 0 Å². The summed E-state index contributed by atoms with van der Waals surface area (Å²) in [4.78, 5) is 0.266. The standard InChI is InChI=1S/C18H21NO3S/c1-2-22-16-10-12-17(13-11-16)23(20,21)19-18(15-8-9-15)14-6-4-3-5-7-14/h3-7,10-13,15,18-19H,2,8-9H2,1H3. The first-order valence-electron chi connectivity index (χ1n) is 7.90. The molecule has 1 aliphatic carbocycles. The largest absolute Gasteiger partial charge is 0.494 e. The van der Waals surface area contributed by atoms with Gasteiger partial charge in [-0.25, -0.2) is 13.1 Å². The third kappa shape index (κ3) is 3.92. The molecule has 2 aromatic carbocycles. The fraction of sp³-hybridized carbons (Fsp3) is 0.333. The highest BCUT2D eigenvalue weighted by Gasteiger charge is 2.35. The average molecular weight is 331 g/mol. The second-order valence-electron chi connectivity index (χ2n) is 5.75. The van der Waals surface area contributed by atoms with Crippen LogP contribution in [0.15, 0.2) is 59.5 Å². The van der Waals surface area contributed by atoms with Gasteiger partial charge in [0.2, 0.25) is 10.0 Å². The molecule has 4 nitrogen and oxygen atoms in total. The fourth-order valence-electron chi connectivity index (χ4n) is 2.64. The highest BCUT2D eigenvalue weighted by Crippen LogP contribution is 2.41. The average Bonchev–Trinajstić information content (AvgIpc) is 3.39. The van der Waals surface area contributed by atoms with E-state index in [1.165, 1.54) is 0 Å². The topological polar surface area (TPSA) is 55.4 Å². The molecule has 0 saturated heterocycles. The van der Waals surface area contributed by atoms with E-state index >= 15 is 0 Å². The molecule has 1 aliphatic rings. The molecular weight excluding hydrogens is 310 g/mol. The lowest BCUT2D eigenvalue weighted by molar-refractivity contribution is 0.340. The van der Waals surface area contributed by atoms with Crippen molar-refractivity contribution in [3.63, 3.8) is 0 Å². The minimum atomic E-state index is -3.55. The van der Waals surface area contributed by atoms with Crippen molar-refractivity contribution in [2.75, 3.05) is 6.61 Å². The summed E-state index contributed by atoms with van der Waals surface area (Å²) in [5.41, 5.74) is 1.02. The van der Waals surface area contributed by atoms with Gasteiger partial charge in [0.15, 0.2) is 0 Å². The molecule has 0 amide bonds. The molecule has 1 saturated carbocycles. The Labute approximate surface area is 137 Å². The van der Waals surface area contributed by atoms with Crippen LogP contribution in [0.25, 0.3) is 0 Å². The van der Waals surface area contributed by atoms with Crippen molar-refractivity contribution in [3.05, 3.63) is 60.2 Å². The van der Waals surface area contributed by atoms with Crippen LogP contribution < -0.4 is 9.46 Å². The second-order valence-corrected chi connectivity index (χ2v) is 7.47. The highest BCUT2D eigenvalue weighted by atomic mass is 32.2. The van der Waals surface area contributed by atoms with Gasteiger partial charge in [0, 0.05) is 6.04 Å². The van der Waals surface area contributed by atoms with Crippen LogP contribution in [0.5, 0.6) is 5.75 Å². The maximum absolute atomic E-state index is 12.7. The van der Waals surface area contributed by atoms with Gasteiger partial charge < -0.3 is 4.74 Å². The Morgan fingerprint density at radius 1 is 1.09 bits per heavy atom.